The summed E-state index contributed by atoms with van der Waals surface area (Å²) < 4.78 is 18.7. The highest BCUT2D eigenvalue weighted by atomic mass is 19.1. The predicted molar refractivity (Wildman–Crippen MR) is 232 cm³/mol. The summed E-state index contributed by atoms with van der Waals surface area (Å²) in [5, 5.41) is 0. The molecule has 0 radical (unpaired) electrons. The van der Waals surface area contributed by atoms with Gasteiger partial charge in [0.2, 0.25) is 0 Å². The first kappa shape index (κ1) is 36.4. The molecule has 12 rings (SSSR count). The summed E-state index contributed by atoms with van der Waals surface area (Å²) in [4.78, 5) is 21.0. The van der Waals surface area contributed by atoms with Gasteiger partial charge < -0.3 is 9.13 Å². The largest absolute Gasteiger partial charge is 0.327 e. The van der Waals surface area contributed by atoms with Crippen LogP contribution in [0.25, 0.3) is 22.1 Å². The molecule has 6 aliphatic rings. The second-order valence-electron chi connectivity index (χ2n) is 18.8. The van der Waals surface area contributed by atoms with Crippen LogP contribution in [-0.2, 0) is 65.0 Å². The van der Waals surface area contributed by atoms with E-state index in [4.69, 9.17) is 9.97 Å². The van der Waals surface area contributed by atoms with Gasteiger partial charge in [0, 0.05) is 103 Å². The minimum atomic E-state index is -0.126. The van der Waals surface area contributed by atoms with Gasteiger partial charge in [-0.05, 0) is 120 Å². The molecule has 2 saturated carbocycles. The third-order valence-electron chi connectivity index (χ3n) is 15.3. The molecule has 0 bridgehead atoms. The molecule has 4 aromatic carbocycles. The van der Waals surface area contributed by atoms with Gasteiger partial charge in [-0.2, -0.15) is 0 Å². The molecule has 6 aromatic rings. The van der Waals surface area contributed by atoms with Crippen LogP contribution in [0.3, 0.4) is 0 Å². The van der Waals surface area contributed by atoms with Crippen molar-refractivity contribution >= 4 is 22.1 Å². The fourth-order valence-electron chi connectivity index (χ4n) is 11.6. The first-order valence-corrected chi connectivity index (χ1v) is 22.8. The van der Waals surface area contributed by atoms with Crippen molar-refractivity contribution in [2.75, 3.05) is 39.3 Å². The van der Waals surface area contributed by atoms with E-state index in [1.54, 1.807) is 23.3 Å². The summed E-state index contributed by atoms with van der Waals surface area (Å²) in [6.07, 6.45) is 10.8. The van der Waals surface area contributed by atoms with Crippen LogP contribution in [0.4, 0.5) is 4.39 Å². The van der Waals surface area contributed by atoms with E-state index in [1.807, 2.05) is 6.07 Å². The number of aromatic nitrogens is 4. The molecule has 2 fully saturated rings. The van der Waals surface area contributed by atoms with E-state index in [1.165, 1.54) is 82.6 Å². The average Bonchev–Trinajstić information content (AvgIpc) is 3.56. The molecule has 304 valence electrons. The van der Waals surface area contributed by atoms with Crippen LogP contribution in [0.5, 0.6) is 0 Å². The lowest BCUT2D eigenvalue weighted by Crippen LogP contribution is -2.45. The van der Waals surface area contributed by atoms with Crippen molar-refractivity contribution in [1.29, 1.82) is 0 Å². The minimum absolute atomic E-state index is 0.126. The molecule has 2 aliphatic carbocycles. The van der Waals surface area contributed by atoms with Crippen molar-refractivity contribution in [3.63, 3.8) is 0 Å². The van der Waals surface area contributed by atoms with Crippen molar-refractivity contribution in [3.8, 4) is 0 Å². The zero-order valence-corrected chi connectivity index (χ0v) is 34.5. The van der Waals surface area contributed by atoms with Crippen molar-refractivity contribution in [1.82, 2.24) is 38.7 Å². The van der Waals surface area contributed by atoms with Gasteiger partial charge in [-0.15, -0.1) is 0 Å². The van der Waals surface area contributed by atoms with Crippen molar-refractivity contribution in [3.05, 3.63) is 129 Å². The second-order valence-corrected chi connectivity index (χ2v) is 18.8. The van der Waals surface area contributed by atoms with Crippen molar-refractivity contribution in [2.45, 2.75) is 115 Å². The van der Waals surface area contributed by atoms with Crippen LogP contribution < -0.4 is 0 Å². The third-order valence-corrected chi connectivity index (χ3v) is 15.3. The average molecular weight is 789 g/mol. The van der Waals surface area contributed by atoms with Crippen LogP contribution in [0, 0.1) is 5.82 Å². The molecule has 6 heterocycles. The lowest BCUT2D eigenvalue weighted by molar-refractivity contribution is 0.111. The van der Waals surface area contributed by atoms with Gasteiger partial charge in [-0.25, -0.2) is 14.4 Å². The van der Waals surface area contributed by atoms with E-state index >= 15 is 0 Å². The summed E-state index contributed by atoms with van der Waals surface area (Å²) in [7, 11) is 0. The van der Waals surface area contributed by atoms with Gasteiger partial charge in [0.05, 0.1) is 22.1 Å². The third kappa shape index (κ3) is 6.92. The van der Waals surface area contributed by atoms with E-state index in [-0.39, 0.29) is 5.82 Å². The first-order valence-electron chi connectivity index (χ1n) is 22.8. The Morgan fingerprint density at radius 2 is 1.14 bits per heavy atom. The molecule has 4 aliphatic heterocycles. The molecule has 0 atom stereocenters. The van der Waals surface area contributed by atoms with Crippen molar-refractivity contribution in [2.24, 2.45) is 0 Å². The van der Waals surface area contributed by atoms with Gasteiger partial charge in [-0.3, -0.25) is 19.6 Å². The fourth-order valence-corrected chi connectivity index (χ4v) is 11.6. The zero-order chi connectivity index (χ0) is 39.0. The molecule has 0 amide bonds. The number of fused-ring (bicyclic) bond motifs is 8. The van der Waals surface area contributed by atoms with E-state index in [0.717, 1.165) is 121 Å². The molecule has 8 nitrogen and oxygen atoms in total. The van der Waals surface area contributed by atoms with Crippen LogP contribution in [-0.4, -0.2) is 90.1 Å². The lowest BCUT2D eigenvalue weighted by atomic mass is 9.74. The predicted octanol–water partition coefficient (Wildman–Crippen LogP) is 7.86. The van der Waals surface area contributed by atoms with Gasteiger partial charge in [0.1, 0.15) is 17.5 Å². The first-order chi connectivity index (χ1) is 29.0. The number of rotatable bonds is 7. The maximum atomic E-state index is 13.7. The Morgan fingerprint density at radius 1 is 0.525 bits per heavy atom. The molecule has 59 heavy (non-hydrogen) atoms. The smallest absolute Gasteiger partial charge is 0.123 e. The van der Waals surface area contributed by atoms with Crippen LogP contribution in [0.1, 0.15) is 88.6 Å². The summed E-state index contributed by atoms with van der Waals surface area (Å²) in [6.45, 7) is 12.5. The number of halogens is 1. The van der Waals surface area contributed by atoms with Crippen LogP contribution >= 0.6 is 0 Å². The summed E-state index contributed by atoms with van der Waals surface area (Å²) in [5.74, 6) is 3.05. The normalized spacial score (nSPS) is 23.2. The Balaban J connectivity index is 0.649. The fraction of sp³-hybridized carbons (Fsp3) is 0.480. The summed E-state index contributed by atoms with van der Waals surface area (Å²) in [6, 6.07) is 28.2. The molecule has 9 heteroatoms. The molecular formula is C50H57FN8. The highest BCUT2D eigenvalue weighted by molar-refractivity contribution is 5.78. The SMILES string of the molecule is Fc1ccc2c(c1)CCN(Cc1ccc3c(c1)nc1n3CCN(C3CC(c4ccc5c(c4)CN(Cc4ccc6c(c4)nc4n6CCN(C6CCC6)CC4)CC5)C3)CC1)C2. The zero-order valence-electron chi connectivity index (χ0n) is 34.5. The van der Waals surface area contributed by atoms with E-state index in [0.29, 0.717) is 12.0 Å². The number of imidazole rings is 2. The Labute approximate surface area is 347 Å². The highest BCUT2D eigenvalue weighted by Crippen LogP contribution is 2.41. The van der Waals surface area contributed by atoms with E-state index < -0.39 is 0 Å². The molecule has 0 N–H and O–H groups in total. The molecule has 2 aromatic heterocycles. The lowest BCUT2D eigenvalue weighted by Gasteiger charge is -2.43. The Bertz CT molecular complexity index is 2540. The van der Waals surface area contributed by atoms with Gasteiger partial charge in [0.25, 0.3) is 0 Å². The van der Waals surface area contributed by atoms with Crippen LogP contribution in [0.2, 0.25) is 0 Å². The van der Waals surface area contributed by atoms with Gasteiger partial charge in [0.15, 0.2) is 0 Å². The maximum Gasteiger partial charge on any atom is 0.123 e. The Hall–Kier alpha value is -4.41. The van der Waals surface area contributed by atoms with E-state index in [9.17, 15) is 4.39 Å². The second kappa shape index (κ2) is 14.9. The summed E-state index contributed by atoms with van der Waals surface area (Å²) >= 11 is 0. The van der Waals surface area contributed by atoms with Gasteiger partial charge in [-0.1, -0.05) is 42.8 Å². The number of hydrogen-bond donors (Lipinski definition) is 0. The Morgan fingerprint density at radius 3 is 1.78 bits per heavy atom. The topological polar surface area (TPSA) is 48.6 Å². The number of nitrogens with zero attached hydrogens (tertiary/aromatic N) is 8. The molecule has 0 spiro atoms. The molecular weight excluding hydrogens is 732 g/mol. The number of hydrogen-bond acceptors (Lipinski definition) is 6. The van der Waals surface area contributed by atoms with E-state index in [2.05, 4.69) is 83.3 Å². The maximum absolute atomic E-state index is 13.7. The minimum Gasteiger partial charge on any atom is -0.327 e. The standard InChI is InChI=1S/C50H57FN8/c51-42-9-8-39-32-54(17-13-38(39)27-42)30-34-4-10-48-45(24-34)53-50-15-19-57(21-23-59(48)50)44-28-40(29-44)37-7-6-36-12-16-55(33-41(36)26-37)31-35-5-11-47-46(25-35)52-49-14-18-56(20-22-58(47)49)43-2-1-3-43/h4-11,24-27,40,43-44H,1-3,12-23,28-33H2. The van der Waals surface area contributed by atoms with Crippen molar-refractivity contribution < 1.29 is 4.39 Å². The Kier molecular flexibility index (Phi) is 9.23. The van der Waals surface area contributed by atoms with Gasteiger partial charge >= 0.3 is 0 Å². The highest BCUT2D eigenvalue weighted by Gasteiger charge is 2.36. The van der Waals surface area contributed by atoms with Crippen LogP contribution in [0.15, 0.2) is 72.8 Å². The monoisotopic (exact) mass is 788 g/mol. The molecule has 0 saturated heterocycles. The summed E-state index contributed by atoms with van der Waals surface area (Å²) in [5.41, 5.74) is 14.6. The quantitative estimate of drug-likeness (QED) is 0.164. The number of benzene rings is 4. The molecule has 0 unspecified atom stereocenters.